The normalized spacial score (nSPS) is 21.1. The van der Waals surface area contributed by atoms with Gasteiger partial charge in [-0.15, -0.1) is 0 Å². The van der Waals surface area contributed by atoms with Crippen molar-refractivity contribution < 1.29 is 4.79 Å². The standard InChI is InChI=1S/C15H22N4O/c16-18-13-3-8-17-11-12(13)14(20)19-9-6-15(7-10-19)4-1-2-5-15/h3,8,11H,1-2,4-7,9-10,16H2,(H,17,18). The van der Waals surface area contributed by atoms with Crippen LogP contribution in [-0.2, 0) is 0 Å². The average molecular weight is 274 g/mol. The summed E-state index contributed by atoms with van der Waals surface area (Å²) in [6.07, 6.45) is 10.9. The van der Waals surface area contributed by atoms with Gasteiger partial charge < -0.3 is 10.3 Å². The number of nitrogens with two attached hydrogens (primary N) is 1. The van der Waals surface area contributed by atoms with Gasteiger partial charge in [0.15, 0.2) is 0 Å². The largest absolute Gasteiger partial charge is 0.338 e. The number of hydrazine groups is 1. The fourth-order valence-corrected chi connectivity index (χ4v) is 3.67. The molecule has 0 unspecified atom stereocenters. The SMILES string of the molecule is NNc1ccncc1C(=O)N1CCC2(CCCC2)CC1. The van der Waals surface area contributed by atoms with Gasteiger partial charge in [-0.2, -0.15) is 0 Å². The molecule has 1 aromatic heterocycles. The first-order valence-corrected chi connectivity index (χ1v) is 7.44. The minimum Gasteiger partial charge on any atom is -0.338 e. The summed E-state index contributed by atoms with van der Waals surface area (Å²) in [6, 6.07) is 1.73. The van der Waals surface area contributed by atoms with Gasteiger partial charge in [0.1, 0.15) is 0 Å². The Balaban J connectivity index is 1.70. The third-order valence-corrected chi connectivity index (χ3v) is 4.98. The van der Waals surface area contributed by atoms with Crippen LogP contribution in [0.3, 0.4) is 0 Å². The van der Waals surface area contributed by atoms with E-state index in [4.69, 9.17) is 5.84 Å². The summed E-state index contributed by atoms with van der Waals surface area (Å²) in [5.74, 6) is 5.50. The van der Waals surface area contributed by atoms with Crippen LogP contribution in [0.25, 0.3) is 0 Å². The lowest BCUT2D eigenvalue weighted by molar-refractivity contribution is 0.0588. The van der Waals surface area contributed by atoms with Crippen molar-refractivity contribution >= 4 is 11.6 Å². The first-order chi connectivity index (χ1) is 9.74. The van der Waals surface area contributed by atoms with E-state index in [1.807, 2.05) is 4.90 Å². The number of piperidine rings is 1. The van der Waals surface area contributed by atoms with E-state index in [0.29, 0.717) is 16.7 Å². The van der Waals surface area contributed by atoms with Crippen molar-refractivity contribution in [1.29, 1.82) is 0 Å². The Morgan fingerprint density at radius 3 is 2.60 bits per heavy atom. The van der Waals surface area contributed by atoms with E-state index < -0.39 is 0 Å². The van der Waals surface area contributed by atoms with E-state index in [1.165, 1.54) is 25.7 Å². The van der Waals surface area contributed by atoms with E-state index in [1.54, 1.807) is 18.5 Å². The Labute approximate surface area is 119 Å². The summed E-state index contributed by atoms with van der Waals surface area (Å²) in [5.41, 5.74) is 4.32. The molecule has 0 atom stereocenters. The fourth-order valence-electron chi connectivity index (χ4n) is 3.67. The summed E-state index contributed by atoms with van der Waals surface area (Å²) in [7, 11) is 0. The maximum absolute atomic E-state index is 12.6. The van der Waals surface area contributed by atoms with Crippen molar-refractivity contribution in [2.45, 2.75) is 38.5 Å². The van der Waals surface area contributed by atoms with Crippen LogP contribution in [0.15, 0.2) is 18.5 Å². The summed E-state index contributed by atoms with van der Waals surface area (Å²) in [4.78, 5) is 18.6. The Morgan fingerprint density at radius 2 is 1.95 bits per heavy atom. The molecule has 1 saturated heterocycles. The molecule has 1 amide bonds. The van der Waals surface area contributed by atoms with Gasteiger partial charge >= 0.3 is 0 Å². The summed E-state index contributed by atoms with van der Waals surface area (Å²) in [5, 5.41) is 0. The molecule has 1 aliphatic carbocycles. The van der Waals surface area contributed by atoms with Crippen LogP contribution < -0.4 is 11.3 Å². The molecule has 20 heavy (non-hydrogen) atoms. The highest BCUT2D eigenvalue weighted by molar-refractivity contribution is 5.99. The molecule has 3 N–H and O–H groups in total. The Hall–Kier alpha value is -1.62. The Morgan fingerprint density at radius 1 is 1.25 bits per heavy atom. The number of rotatable bonds is 2. The fraction of sp³-hybridized carbons (Fsp3) is 0.600. The average Bonchev–Trinajstić information content (AvgIpc) is 2.95. The highest BCUT2D eigenvalue weighted by Crippen LogP contribution is 2.46. The Bertz CT molecular complexity index is 486. The van der Waals surface area contributed by atoms with E-state index in [9.17, 15) is 4.79 Å². The molecule has 2 aliphatic rings. The molecule has 3 rings (SSSR count). The zero-order chi connectivity index (χ0) is 14.0. The minimum atomic E-state index is 0.0406. The second kappa shape index (κ2) is 5.40. The van der Waals surface area contributed by atoms with Gasteiger partial charge in [-0.25, -0.2) is 0 Å². The quantitative estimate of drug-likeness (QED) is 0.640. The summed E-state index contributed by atoms with van der Waals surface area (Å²) in [6.45, 7) is 1.72. The third kappa shape index (κ3) is 2.38. The molecule has 0 aromatic carbocycles. The number of nitrogen functional groups attached to an aromatic ring is 1. The van der Waals surface area contributed by atoms with Gasteiger partial charge in [0.05, 0.1) is 11.3 Å². The molecule has 2 heterocycles. The van der Waals surface area contributed by atoms with Crippen LogP contribution in [-0.4, -0.2) is 28.9 Å². The second-order valence-corrected chi connectivity index (χ2v) is 6.06. The zero-order valence-corrected chi connectivity index (χ0v) is 11.8. The molecule has 1 aliphatic heterocycles. The molecular weight excluding hydrogens is 252 g/mol. The number of carbonyl (C=O) groups excluding carboxylic acids is 1. The van der Waals surface area contributed by atoms with Gasteiger partial charge in [0.2, 0.25) is 0 Å². The molecular formula is C15H22N4O. The van der Waals surface area contributed by atoms with Crippen LogP contribution in [0.4, 0.5) is 5.69 Å². The van der Waals surface area contributed by atoms with Crippen LogP contribution in [0.2, 0.25) is 0 Å². The number of hydrogen-bond acceptors (Lipinski definition) is 4. The molecule has 0 radical (unpaired) electrons. The predicted molar refractivity (Wildman–Crippen MR) is 78.1 cm³/mol. The van der Waals surface area contributed by atoms with E-state index in [0.717, 1.165) is 25.9 Å². The number of aromatic nitrogens is 1. The molecule has 5 nitrogen and oxygen atoms in total. The lowest BCUT2D eigenvalue weighted by Crippen LogP contribution is -2.42. The number of pyridine rings is 1. The van der Waals surface area contributed by atoms with Crippen molar-refractivity contribution in [2.24, 2.45) is 11.3 Å². The molecule has 1 aromatic rings. The van der Waals surface area contributed by atoms with Gasteiger partial charge in [0, 0.05) is 25.5 Å². The third-order valence-electron chi connectivity index (χ3n) is 4.98. The van der Waals surface area contributed by atoms with Gasteiger partial charge in [-0.05, 0) is 37.2 Å². The lowest BCUT2D eigenvalue weighted by Gasteiger charge is -2.39. The van der Waals surface area contributed by atoms with Crippen LogP contribution in [0.1, 0.15) is 48.9 Å². The Kier molecular flexibility index (Phi) is 3.61. The highest BCUT2D eigenvalue weighted by atomic mass is 16.2. The second-order valence-electron chi connectivity index (χ2n) is 6.06. The molecule has 108 valence electrons. The molecule has 0 bridgehead atoms. The zero-order valence-electron chi connectivity index (χ0n) is 11.8. The number of nitrogens with zero attached hydrogens (tertiary/aromatic N) is 2. The first-order valence-electron chi connectivity index (χ1n) is 7.44. The van der Waals surface area contributed by atoms with Crippen LogP contribution in [0, 0.1) is 5.41 Å². The highest BCUT2D eigenvalue weighted by Gasteiger charge is 2.38. The van der Waals surface area contributed by atoms with E-state index in [2.05, 4.69) is 10.4 Å². The van der Waals surface area contributed by atoms with Crippen molar-refractivity contribution in [1.82, 2.24) is 9.88 Å². The van der Waals surface area contributed by atoms with Gasteiger partial charge in [-0.3, -0.25) is 15.6 Å². The number of hydrogen-bond donors (Lipinski definition) is 2. The summed E-state index contributed by atoms with van der Waals surface area (Å²) < 4.78 is 0. The number of likely N-dealkylation sites (tertiary alicyclic amines) is 1. The topological polar surface area (TPSA) is 71.2 Å². The van der Waals surface area contributed by atoms with Crippen molar-refractivity contribution in [3.63, 3.8) is 0 Å². The van der Waals surface area contributed by atoms with Crippen LogP contribution in [0.5, 0.6) is 0 Å². The van der Waals surface area contributed by atoms with Crippen LogP contribution >= 0.6 is 0 Å². The first kappa shape index (κ1) is 13.4. The molecule has 1 saturated carbocycles. The smallest absolute Gasteiger partial charge is 0.257 e. The van der Waals surface area contributed by atoms with Crippen molar-refractivity contribution in [3.05, 3.63) is 24.0 Å². The number of carbonyl (C=O) groups is 1. The maximum atomic E-state index is 12.6. The molecule has 1 spiro atoms. The minimum absolute atomic E-state index is 0.0406. The molecule has 5 heteroatoms. The van der Waals surface area contributed by atoms with Gasteiger partial charge in [0.25, 0.3) is 5.91 Å². The molecule has 2 fully saturated rings. The lowest BCUT2D eigenvalue weighted by atomic mass is 9.77. The van der Waals surface area contributed by atoms with E-state index in [-0.39, 0.29) is 5.91 Å². The van der Waals surface area contributed by atoms with Crippen molar-refractivity contribution in [2.75, 3.05) is 18.5 Å². The number of nitrogens with one attached hydrogen (secondary N) is 1. The summed E-state index contributed by atoms with van der Waals surface area (Å²) >= 11 is 0. The predicted octanol–water partition coefficient (Wildman–Crippen LogP) is 2.16. The van der Waals surface area contributed by atoms with Gasteiger partial charge in [-0.1, -0.05) is 12.8 Å². The van der Waals surface area contributed by atoms with E-state index >= 15 is 0 Å². The monoisotopic (exact) mass is 274 g/mol. The van der Waals surface area contributed by atoms with Crippen molar-refractivity contribution in [3.8, 4) is 0 Å². The number of anilines is 1. The maximum Gasteiger partial charge on any atom is 0.257 e. The number of amides is 1.